The molecule has 3 rings (SSSR count). The van der Waals surface area contributed by atoms with Gasteiger partial charge in [-0.3, -0.25) is 9.59 Å². The Bertz CT molecular complexity index is 936. The summed E-state index contributed by atoms with van der Waals surface area (Å²) in [7, 11) is 0. The molecule has 0 spiro atoms. The van der Waals surface area contributed by atoms with Crippen molar-refractivity contribution in [3.63, 3.8) is 0 Å². The average Bonchev–Trinajstić information content (AvgIpc) is 2.78. The van der Waals surface area contributed by atoms with E-state index >= 15 is 0 Å². The predicted molar refractivity (Wildman–Crippen MR) is 123 cm³/mol. The minimum absolute atomic E-state index is 0.00265. The van der Waals surface area contributed by atoms with Gasteiger partial charge in [-0.1, -0.05) is 44.2 Å². The van der Waals surface area contributed by atoms with E-state index in [4.69, 9.17) is 4.74 Å². The molecule has 2 aromatic rings. The highest BCUT2D eigenvalue weighted by Crippen LogP contribution is 2.27. The Morgan fingerprint density at radius 2 is 1.88 bits per heavy atom. The Hall–Kier alpha value is -2.89. The number of hydrogen-bond acceptors (Lipinski definition) is 3. The molecule has 0 radical (unpaired) electrons. The lowest BCUT2D eigenvalue weighted by Gasteiger charge is -2.31. The molecule has 32 heavy (non-hydrogen) atoms. The summed E-state index contributed by atoms with van der Waals surface area (Å²) in [5, 5.41) is 2.91. The van der Waals surface area contributed by atoms with Gasteiger partial charge in [0.1, 0.15) is 11.6 Å². The van der Waals surface area contributed by atoms with Crippen LogP contribution in [-0.4, -0.2) is 43.0 Å². The number of ether oxygens (including phenoxy) is 1. The van der Waals surface area contributed by atoms with E-state index < -0.39 is 0 Å². The molecular weight excluding hydrogens is 407 g/mol. The number of carbonyl (C=O) groups is 2. The number of nitrogens with zero attached hydrogens (tertiary/aromatic N) is 1. The molecule has 0 aromatic heterocycles. The van der Waals surface area contributed by atoms with Gasteiger partial charge < -0.3 is 15.0 Å². The zero-order valence-electron chi connectivity index (χ0n) is 19.2. The van der Waals surface area contributed by atoms with E-state index in [1.54, 1.807) is 23.1 Å². The first-order valence-electron chi connectivity index (χ1n) is 11.4. The highest BCUT2D eigenvalue weighted by Gasteiger charge is 2.27. The molecule has 1 aliphatic heterocycles. The first kappa shape index (κ1) is 23.8. The standard InChI is InChI=1S/C26H33FN2O3/c1-18(2)22-9-8-19(3)16-24(22)32-17-25(30)29-14-11-21(12-15-29)26(31)28-13-10-20-6-4-5-7-23(20)27/h4-9,16,18,21H,10-15,17H2,1-3H3,(H,28,31). The van der Waals surface area contributed by atoms with Crippen LogP contribution in [0.5, 0.6) is 5.75 Å². The molecule has 2 aromatic carbocycles. The molecule has 0 atom stereocenters. The monoisotopic (exact) mass is 440 g/mol. The van der Waals surface area contributed by atoms with Crippen LogP contribution in [-0.2, 0) is 16.0 Å². The summed E-state index contributed by atoms with van der Waals surface area (Å²) in [5.74, 6) is 0.628. The third-order valence-corrected chi connectivity index (χ3v) is 6.01. The Labute approximate surface area is 190 Å². The fraction of sp³-hybridized carbons (Fsp3) is 0.462. The highest BCUT2D eigenvalue weighted by atomic mass is 19.1. The van der Waals surface area contributed by atoms with E-state index in [2.05, 4.69) is 31.3 Å². The lowest BCUT2D eigenvalue weighted by molar-refractivity contribution is -0.137. The molecule has 0 bridgehead atoms. The lowest BCUT2D eigenvalue weighted by atomic mass is 9.95. The number of hydrogen-bond donors (Lipinski definition) is 1. The predicted octanol–water partition coefficient (Wildman–Crippen LogP) is 4.23. The molecule has 1 aliphatic rings. The van der Waals surface area contributed by atoms with Crippen LogP contribution >= 0.6 is 0 Å². The highest BCUT2D eigenvalue weighted by molar-refractivity contribution is 5.80. The molecule has 2 amide bonds. The number of halogens is 1. The van der Waals surface area contributed by atoms with Crippen molar-refractivity contribution in [2.45, 2.75) is 46.0 Å². The van der Waals surface area contributed by atoms with Crippen molar-refractivity contribution in [1.29, 1.82) is 0 Å². The summed E-state index contributed by atoms with van der Waals surface area (Å²) in [4.78, 5) is 26.9. The number of aryl methyl sites for hydroxylation is 1. The summed E-state index contributed by atoms with van der Waals surface area (Å²) < 4.78 is 19.6. The van der Waals surface area contributed by atoms with Gasteiger partial charge in [0.25, 0.3) is 5.91 Å². The Morgan fingerprint density at radius 3 is 2.56 bits per heavy atom. The first-order chi connectivity index (χ1) is 15.3. The van der Waals surface area contributed by atoms with Crippen LogP contribution in [0.1, 0.15) is 49.3 Å². The quantitative estimate of drug-likeness (QED) is 0.668. The maximum absolute atomic E-state index is 13.7. The van der Waals surface area contributed by atoms with Crippen LogP contribution in [0.15, 0.2) is 42.5 Å². The van der Waals surface area contributed by atoms with Gasteiger partial charge in [-0.2, -0.15) is 0 Å². The van der Waals surface area contributed by atoms with Gasteiger partial charge in [-0.05, 0) is 60.9 Å². The molecule has 5 nitrogen and oxygen atoms in total. The first-order valence-corrected chi connectivity index (χ1v) is 11.4. The minimum Gasteiger partial charge on any atom is -0.483 e. The summed E-state index contributed by atoms with van der Waals surface area (Å²) in [6.07, 6.45) is 1.71. The van der Waals surface area contributed by atoms with Crippen molar-refractivity contribution in [2.24, 2.45) is 5.92 Å². The second kappa shape index (κ2) is 11.1. The van der Waals surface area contributed by atoms with Gasteiger partial charge in [-0.15, -0.1) is 0 Å². The van der Waals surface area contributed by atoms with E-state index in [9.17, 15) is 14.0 Å². The zero-order valence-corrected chi connectivity index (χ0v) is 19.2. The van der Waals surface area contributed by atoms with Crippen molar-refractivity contribution in [1.82, 2.24) is 10.2 Å². The van der Waals surface area contributed by atoms with Gasteiger partial charge >= 0.3 is 0 Å². The Kier molecular flexibility index (Phi) is 8.26. The van der Waals surface area contributed by atoms with Gasteiger partial charge in [0.15, 0.2) is 6.61 Å². The van der Waals surface area contributed by atoms with Gasteiger partial charge in [-0.25, -0.2) is 4.39 Å². The molecule has 0 saturated carbocycles. The van der Waals surface area contributed by atoms with Crippen LogP contribution in [0.4, 0.5) is 4.39 Å². The Morgan fingerprint density at radius 1 is 1.16 bits per heavy atom. The van der Waals surface area contributed by atoms with Crippen molar-refractivity contribution < 1.29 is 18.7 Å². The molecule has 172 valence electrons. The maximum atomic E-state index is 13.7. The van der Waals surface area contributed by atoms with E-state index in [1.807, 2.05) is 13.0 Å². The van der Waals surface area contributed by atoms with E-state index in [0.29, 0.717) is 50.4 Å². The molecule has 1 saturated heterocycles. The van der Waals surface area contributed by atoms with Crippen LogP contribution in [0, 0.1) is 18.7 Å². The summed E-state index contributed by atoms with van der Waals surface area (Å²) in [6.45, 7) is 7.70. The number of piperidine rings is 1. The van der Waals surface area contributed by atoms with Crippen LogP contribution in [0.3, 0.4) is 0 Å². The van der Waals surface area contributed by atoms with E-state index in [1.165, 1.54) is 6.07 Å². The molecular formula is C26H33FN2O3. The molecule has 0 aliphatic carbocycles. The molecule has 1 fully saturated rings. The Balaban J connectivity index is 1.42. The van der Waals surface area contributed by atoms with Gasteiger partial charge in [0, 0.05) is 25.6 Å². The van der Waals surface area contributed by atoms with E-state index in [-0.39, 0.29) is 30.2 Å². The summed E-state index contributed by atoms with van der Waals surface area (Å²) >= 11 is 0. The third kappa shape index (κ3) is 6.31. The number of nitrogens with one attached hydrogen (secondary N) is 1. The molecule has 1 N–H and O–H groups in total. The number of benzene rings is 2. The van der Waals surface area contributed by atoms with E-state index in [0.717, 1.165) is 16.9 Å². The molecule has 6 heteroatoms. The summed E-state index contributed by atoms with van der Waals surface area (Å²) in [6, 6.07) is 12.7. The SMILES string of the molecule is Cc1ccc(C(C)C)c(OCC(=O)N2CCC(C(=O)NCCc3ccccc3F)CC2)c1. The minimum atomic E-state index is -0.248. The molecule has 1 heterocycles. The fourth-order valence-electron chi connectivity index (χ4n) is 4.03. The number of carbonyl (C=O) groups excluding carboxylic acids is 2. The fourth-order valence-corrected chi connectivity index (χ4v) is 4.03. The van der Waals surface area contributed by atoms with Crippen molar-refractivity contribution in [3.8, 4) is 5.75 Å². The number of likely N-dealkylation sites (tertiary alicyclic amines) is 1. The van der Waals surface area contributed by atoms with Crippen LogP contribution in [0.25, 0.3) is 0 Å². The topological polar surface area (TPSA) is 58.6 Å². The smallest absolute Gasteiger partial charge is 0.260 e. The van der Waals surface area contributed by atoms with Gasteiger partial charge in [0.2, 0.25) is 5.91 Å². The second-order valence-corrected chi connectivity index (χ2v) is 8.77. The maximum Gasteiger partial charge on any atom is 0.260 e. The average molecular weight is 441 g/mol. The number of amides is 2. The largest absolute Gasteiger partial charge is 0.483 e. The number of rotatable bonds is 8. The normalized spacial score (nSPS) is 14.5. The lowest BCUT2D eigenvalue weighted by Crippen LogP contribution is -2.44. The second-order valence-electron chi connectivity index (χ2n) is 8.77. The van der Waals surface area contributed by atoms with Crippen LogP contribution in [0.2, 0.25) is 0 Å². The van der Waals surface area contributed by atoms with Crippen molar-refractivity contribution in [2.75, 3.05) is 26.2 Å². The third-order valence-electron chi connectivity index (χ3n) is 6.01. The molecule has 0 unspecified atom stereocenters. The van der Waals surface area contributed by atoms with Crippen molar-refractivity contribution in [3.05, 3.63) is 65.0 Å². The van der Waals surface area contributed by atoms with Crippen molar-refractivity contribution >= 4 is 11.8 Å². The van der Waals surface area contributed by atoms with Gasteiger partial charge in [0.05, 0.1) is 0 Å². The van der Waals surface area contributed by atoms with Crippen LogP contribution < -0.4 is 10.1 Å². The summed E-state index contributed by atoms with van der Waals surface area (Å²) in [5.41, 5.74) is 2.79. The zero-order chi connectivity index (χ0) is 23.1.